The van der Waals surface area contributed by atoms with E-state index in [1.165, 1.54) is 16.0 Å². The molecule has 1 heterocycles. The molecule has 3 rings (SSSR count). The van der Waals surface area contributed by atoms with Crippen LogP contribution in [0.4, 0.5) is 0 Å². The molecule has 1 fully saturated rings. The van der Waals surface area contributed by atoms with E-state index < -0.39 is 5.97 Å². The molecule has 1 aliphatic rings. The van der Waals surface area contributed by atoms with Gasteiger partial charge in [-0.2, -0.15) is 0 Å². The third-order valence-electron chi connectivity index (χ3n) is 5.04. The van der Waals surface area contributed by atoms with Gasteiger partial charge in [0.1, 0.15) is 0 Å². The van der Waals surface area contributed by atoms with E-state index in [4.69, 9.17) is 5.11 Å². The number of hydrogen-bond acceptors (Lipinski definition) is 3. The third kappa shape index (κ3) is 4.92. The van der Waals surface area contributed by atoms with Gasteiger partial charge in [0.25, 0.3) is 5.91 Å². The average Bonchev–Trinajstić information content (AvgIpc) is 2.68. The summed E-state index contributed by atoms with van der Waals surface area (Å²) in [4.78, 5) is 26.9. The molecule has 0 radical (unpaired) electrons. The van der Waals surface area contributed by atoms with Crippen LogP contribution < -0.4 is 0 Å². The maximum Gasteiger partial charge on any atom is 0.306 e. The highest BCUT2D eigenvalue weighted by Gasteiger charge is 2.27. The average molecular weight is 384 g/mol. The van der Waals surface area contributed by atoms with Crippen LogP contribution in [0.15, 0.2) is 47.4 Å². The second-order valence-electron chi connectivity index (χ2n) is 7.16. The van der Waals surface area contributed by atoms with E-state index >= 15 is 0 Å². The number of carbonyl (C=O) groups excluding carboxylic acids is 1. The van der Waals surface area contributed by atoms with Crippen LogP contribution in [0.25, 0.3) is 0 Å². The second-order valence-corrected chi connectivity index (χ2v) is 8.18. The van der Waals surface area contributed by atoms with Crippen molar-refractivity contribution in [1.82, 2.24) is 4.90 Å². The van der Waals surface area contributed by atoms with Gasteiger partial charge in [-0.25, -0.2) is 0 Å². The van der Waals surface area contributed by atoms with Crippen LogP contribution in [0.1, 0.15) is 39.9 Å². The fourth-order valence-electron chi connectivity index (χ4n) is 3.33. The Hall–Kier alpha value is -2.27. The number of likely N-dealkylation sites (tertiary alicyclic amines) is 1. The Kier molecular flexibility index (Phi) is 6.22. The topological polar surface area (TPSA) is 57.6 Å². The van der Waals surface area contributed by atoms with Crippen molar-refractivity contribution in [3.05, 3.63) is 64.7 Å². The van der Waals surface area contributed by atoms with Crippen molar-refractivity contribution in [3.63, 3.8) is 0 Å². The zero-order chi connectivity index (χ0) is 19.4. The first-order valence-corrected chi connectivity index (χ1v) is 10.2. The third-order valence-corrected chi connectivity index (χ3v) is 6.27. The van der Waals surface area contributed by atoms with Crippen molar-refractivity contribution >= 4 is 23.6 Å². The quantitative estimate of drug-likeness (QED) is 0.771. The highest BCUT2D eigenvalue weighted by molar-refractivity contribution is 7.98. The zero-order valence-electron chi connectivity index (χ0n) is 15.8. The Bertz CT molecular complexity index is 841. The van der Waals surface area contributed by atoms with Gasteiger partial charge < -0.3 is 10.0 Å². The number of hydrogen-bond donors (Lipinski definition) is 1. The van der Waals surface area contributed by atoms with Crippen LogP contribution >= 0.6 is 11.8 Å². The van der Waals surface area contributed by atoms with Gasteiger partial charge in [0.05, 0.1) is 5.92 Å². The highest BCUT2D eigenvalue weighted by Crippen LogP contribution is 2.27. The van der Waals surface area contributed by atoms with E-state index in [9.17, 15) is 9.59 Å². The van der Waals surface area contributed by atoms with Gasteiger partial charge in [0.2, 0.25) is 0 Å². The van der Waals surface area contributed by atoms with E-state index in [2.05, 4.69) is 32.0 Å². The molecule has 2 aromatic rings. The van der Waals surface area contributed by atoms with Crippen LogP contribution in [0.5, 0.6) is 0 Å². The molecule has 2 aromatic carbocycles. The number of amides is 1. The first-order valence-electron chi connectivity index (χ1n) is 9.25. The SMILES string of the molecule is Cc1ccc(C)c(SCc2cccc(C(=O)N3CCC(C(=O)O)CC3)c2)c1. The van der Waals surface area contributed by atoms with E-state index in [0.29, 0.717) is 31.5 Å². The summed E-state index contributed by atoms with van der Waals surface area (Å²) in [5, 5.41) is 9.10. The number of piperidine rings is 1. The maximum absolute atomic E-state index is 12.8. The van der Waals surface area contributed by atoms with Crippen molar-refractivity contribution in [2.24, 2.45) is 5.92 Å². The van der Waals surface area contributed by atoms with Crippen LogP contribution in [0.3, 0.4) is 0 Å². The Morgan fingerprint density at radius 3 is 2.56 bits per heavy atom. The van der Waals surface area contributed by atoms with Gasteiger partial charge in [-0.3, -0.25) is 9.59 Å². The molecule has 0 spiro atoms. The number of aliphatic carboxylic acids is 1. The zero-order valence-corrected chi connectivity index (χ0v) is 16.6. The molecule has 27 heavy (non-hydrogen) atoms. The number of carboxylic acid groups (broad SMARTS) is 1. The summed E-state index contributed by atoms with van der Waals surface area (Å²) in [6, 6.07) is 14.2. The van der Waals surface area contributed by atoms with Crippen molar-refractivity contribution < 1.29 is 14.7 Å². The molecule has 0 aromatic heterocycles. The van der Waals surface area contributed by atoms with Crippen molar-refractivity contribution in [3.8, 4) is 0 Å². The van der Waals surface area contributed by atoms with Crippen LogP contribution in [0.2, 0.25) is 0 Å². The molecule has 0 saturated carbocycles. The Morgan fingerprint density at radius 1 is 1.11 bits per heavy atom. The molecule has 0 aliphatic carbocycles. The number of rotatable bonds is 5. The van der Waals surface area contributed by atoms with Gasteiger partial charge in [-0.1, -0.05) is 29.8 Å². The van der Waals surface area contributed by atoms with Crippen molar-refractivity contribution in [2.75, 3.05) is 13.1 Å². The van der Waals surface area contributed by atoms with E-state index in [1.807, 2.05) is 24.3 Å². The lowest BCUT2D eigenvalue weighted by molar-refractivity contribution is -0.143. The first-order chi connectivity index (χ1) is 12.9. The number of carboxylic acids is 1. The van der Waals surface area contributed by atoms with E-state index in [1.54, 1.807) is 16.7 Å². The first kappa shape index (κ1) is 19.5. The number of benzene rings is 2. The molecule has 1 aliphatic heterocycles. The number of nitrogens with zero attached hydrogens (tertiary/aromatic N) is 1. The standard InChI is InChI=1S/C22H25NO3S/c1-15-6-7-16(2)20(12-15)27-14-17-4-3-5-19(13-17)21(24)23-10-8-18(9-11-23)22(25)26/h3-7,12-13,18H,8-11,14H2,1-2H3,(H,25,26). The summed E-state index contributed by atoms with van der Waals surface area (Å²) in [6.07, 6.45) is 1.06. The van der Waals surface area contributed by atoms with Crippen molar-refractivity contribution in [2.45, 2.75) is 37.3 Å². The number of thioether (sulfide) groups is 1. The smallest absolute Gasteiger partial charge is 0.306 e. The van der Waals surface area contributed by atoms with E-state index in [0.717, 1.165) is 11.3 Å². The Labute approximate surface area is 164 Å². The minimum Gasteiger partial charge on any atom is -0.481 e. The molecule has 5 heteroatoms. The Morgan fingerprint density at radius 2 is 1.85 bits per heavy atom. The maximum atomic E-state index is 12.8. The van der Waals surface area contributed by atoms with Crippen LogP contribution in [-0.2, 0) is 10.5 Å². The summed E-state index contributed by atoms with van der Waals surface area (Å²) >= 11 is 1.78. The van der Waals surface area contributed by atoms with Gasteiger partial charge in [-0.05, 0) is 56.0 Å². The largest absolute Gasteiger partial charge is 0.481 e. The molecule has 1 saturated heterocycles. The van der Waals surface area contributed by atoms with Gasteiger partial charge in [-0.15, -0.1) is 11.8 Å². The fourth-order valence-corrected chi connectivity index (χ4v) is 4.40. The van der Waals surface area contributed by atoms with Crippen molar-refractivity contribution in [1.29, 1.82) is 0 Å². The minimum absolute atomic E-state index is 0.00238. The summed E-state index contributed by atoms with van der Waals surface area (Å²) in [6.45, 7) is 5.23. The lowest BCUT2D eigenvalue weighted by Gasteiger charge is -2.30. The van der Waals surface area contributed by atoms with Crippen LogP contribution in [-0.4, -0.2) is 35.0 Å². The molecule has 142 valence electrons. The number of aryl methyl sites for hydroxylation is 2. The molecule has 4 nitrogen and oxygen atoms in total. The molecule has 0 unspecified atom stereocenters. The molecular weight excluding hydrogens is 358 g/mol. The molecule has 1 amide bonds. The molecular formula is C22H25NO3S. The second kappa shape index (κ2) is 8.61. The summed E-state index contributed by atoms with van der Waals surface area (Å²) in [7, 11) is 0. The van der Waals surface area contributed by atoms with Gasteiger partial charge >= 0.3 is 5.97 Å². The van der Waals surface area contributed by atoms with Crippen LogP contribution in [0, 0.1) is 19.8 Å². The number of carbonyl (C=O) groups is 2. The normalized spacial score (nSPS) is 15.0. The molecule has 1 N–H and O–H groups in total. The summed E-state index contributed by atoms with van der Waals surface area (Å²) < 4.78 is 0. The predicted octanol–water partition coefficient (Wildman–Crippen LogP) is 4.53. The monoisotopic (exact) mass is 383 g/mol. The molecule has 0 atom stereocenters. The molecule has 0 bridgehead atoms. The summed E-state index contributed by atoms with van der Waals surface area (Å²) in [5.74, 6) is -0.272. The summed E-state index contributed by atoms with van der Waals surface area (Å²) in [5.41, 5.74) is 4.31. The predicted molar refractivity (Wildman–Crippen MR) is 108 cm³/mol. The van der Waals surface area contributed by atoms with Gasteiger partial charge in [0, 0.05) is 29.3 Å². The Balaban J connectivity index is 1.64. The minimum atomic E-state index is -0.757. The van der Waals surface area contributed by atoms with Gasteiger partial charge in [0.15, 0.2) is 0 Å². The highest BCUT2D eigenvalue weighted by atomic mass is 32.2. The fraction of sp³-hybridized carbons (Fsp3) is 0.364. The lowest BCUT2D eigenvalue weighted by atomic mass is 9.96. The van der Waals surface area contributed by atoms with E-state index in [-0.39, 0.29) is 11.8 Å². The lowest BCUT2D eigenvalue weighted by Crippen LogP contribution is -2.40.